The molecule has 0 bridgehead atoms. The van der Waals surface area contributed by atoms with E-state index in [9.17, 15) is 0 Å². The van der Waals surface area contributed by atoms with E-state index in [0.717, 1.165) is 28.6 Å². The Hall–Kier alpha value is -1.45. The molecule has 3 nitrogen and oxygen atoms in total. The molecule has 19 heavy (non-hydrogen) atoms. The van der Waals surface area contributed by atoms with Crippen molar-refractivity contribution in [1.82, 2.24) is 0 Å². The Balaban J connectivity index is 1.93. The van der Waals surface area contributed by atoms with E-state index in [0.29, 0.717) is 12.6 Å². The van der Waals surface area contributed by atoms with Gasteiger partial charge in [-0.3, -0.25) is 0 Å². The van der Waals surface area contributed by atoms with Gasteiger partial charge in [-0.15, -0.1) is 0 Å². The van der Waals surface area contributed by atoms with Crippen LogP contribution in [0.4, 0.5) is 5.69 Å². The van der Waals surface area contributed by atoms with Gasteiger partial charge in [0.2, 0.25) is 0 Å². The molecule has 0 radical (unpaired) electrons. The van der Waals surface area contributed by atoms with Crippen LogP contribution in [0.25, 0.3) is 0 Å². The van der Waals surface area contributed by atoms with Crippen LogP contribution in [0.3, 0.4) is 0 Å². The lowest BCUT2D eigenvalue weighted by molar-refractivity contribution is 0.501. The van der Waals surface area contributed by atoms with Crippen LogP contribution in [0.2, 0.25) is 5.02 Å². The molecule has 1 aliphatic rings. The summed E-state index contributed by atoms with van der Waals surface area (Å²) < 4.78 is 5.46. The Kier molecular flexibility index (Phi) is 3.49. The average molecular weight is 277 g/mol. The number of furan rings is 1. The highest BCUT2D eigenvalue weighted by Gasteiger charge is 2.31. The zero-order chi connectivity index (χ0) is 13.2. The van der Waals surface area contributed by atoms with Gasteiger partial charge in [-0.25, -0.2) is 0 Å². The summed E-state index contributed by atoms with van der Waals surface area (Å²) in [6, 6.07) is 10.4. The number of nitrogens with two attached hydrogens (primary N) is 1. The molecule has 0 unspecified atom stereocenters. The second-order valence-electron chi connectivity index (χ2n) is 4.92. The fraction of sp³-hybridized carbons (Fsp3) is 0.333. The Bertz CT molecular complexity index is 549. The normalized spacial score (nSPS) is 14.6. The number of nitrogens with zero attached hydrogens (tertiary/aromatic N) is 1. The van der Waals surface area contributed by atoms with Gasteiger partial charge in [0.1, 0.15) is 5.76 Å². The van der Waals surface area contributed by atoms with Crippen LogP contribution in [0, 0.1) is 0 Å². The van der Waals surface area contributed by atoms with Crippen molar-refractivity contribution in [3.05, 3.63) is 52.9 Å². The highest BCUT2D eigenvalue weighted by Crippen LogP contribution is 2.36. The third-order valence-corrected chi connectivity index (χ3v) is 3.71. The van der Waals surface area contributed by atoms with Crippen molar-refractivity contribution in [3.63, 3.8) is 0 Å². The molecule has 4 heteroatoms. The number of benzene rings is 1. The Labute approximate surface area is 118 Å². The second kappa shape index (κ2) is 5.27. The minimum Gasteiger partial charge on any atom is -0.467 e. The monoisotopic (exact) mass is 276 g/mol. The summed E-state index contributed by atoms with van der Waals surface area (Å²) in [5.74, 6) is 0.967. The summed E-state index contributed by atoms with van der Waals surface area (Å²) in [4.78, 5) is 2.35. The number of halogens is 1. The number of rotatable bonds is 5. The largest absolute Gasteiger partial charge is 0.467 e. The van der Waals surface area contributed by atoms with Crippen molar-refractivity contribution in [2.24, 2.45) is 5.73 Å². The van der Waals surface area contributed by atoms with Crippen LogP contribution in [0.1, 0.15) is 24.2 Å². The fourth-order valence-corrected chi connectivity index (χ4v) is 2.51. The third kappa shape index (κ3) is 2.77. The van der Waals surface area contributed by atoms with Gasteiger partial charge >= 0.3 is 0 Å². The lowest BCUT2D eigenvalue weighted by Crippen LogP contribution is -2.26. The van der Waals surface area contributed by atoms with Crippen LogP contribution in [0.5, 0.6) is 0 Å². The Morgan fingerprint density at radius 2 is 2.16 bits per heavy atom. The molecule has 1 aliphatic carbocycles. The first-order chi connectivity index (χ1) is 9.28. The summed E-state index contributed by atoms with van der Waals surface area (Å²) in [7, 11) is 0. The zero-order valence-electron chi connectivity index (χ0n) is 10.7. The first kappa shape index (κ1) is 12.6. The molecule has 2 aromatic rings. The predicted molar refractivity (Wildman–Crippen MR) is 77.3 cm³/mol. The topological polar surface area (TPSA) is 42.4 Å². The summed E-state index contributed by atoms with van der Waals surface area (Å²) >= 11 is 6.13. The number of anilines is 1. The molecule has 0 amide bonds. The number of hydrogen-bond acceptors (Lipinski definition) is 3. The van der Waals surface area contributed by atoms with E-state index in [4.69, 9.17) is 21.8 Å². The van der Waals surface area contributed by atoms with E-state index in [2.05, 4.69) is 4.90 Å². The Morgan fingerprint density at radius 1 is 1.32 bits per heavy atom. The summed E-state index contributed by atoms with van der Waals surface area (Å²) in [5.41, 5.74) is 8.10. The second-order valence-corrected chi connectivity index (χ2v) is 5.35. The van der Waals surface area contributed by atoms with E-state index in [1.165, 1.54) is 12.8 Å². The standard InChI is InChI=1S/C15H17ClN2O/c16-12-4-3-11(9-17)15(8-12)18(13-5-6-13)10-14-2-1-7-19-14/h1-4,7-8,13H,5-6,9-10,17H2. The molecule has 2 N–H and O–H groups in total. The van der Waals surface area contributed by atoms with Crippen LogP contribution in [-0.4, -0.2) is 6.04 Å². The minimum absolute atomic E-state index is 0.522. The molecular formula is C15H17ClN2O. The lowest BCUT2D eigenvalue weighted by Gasteiger charge is -2.26. The molecule has 0 atom stereocenters. The third-order valence-electron chi connectivity index (χ3n) is 3.47. The van der Waals surface area contributed by atoms with E-state index in [1.54, 1.807) is 6.26 Å². The van der Waals surface area contributed by atoms with Gasteiger partial charge in [0.25, 0.3) is 0 Å². The highest BCUT2D eigenvalue weighted by molar-refractivity contribution is 6.30. The van der Waals surface area contributed by atoms with Crippen molar-refractivity contribution in [1.29, 1.82) is 0 Å². The van der Waals surface area contributed by atoms with Gasteiger partial charge in [-0.2, -0.15) is 0 Å². The van der Waals surface area contributed by atoms with E-state index >= 15 is 0 Å². The molecule has 1 aromatic heterocycles. The van der Waals surface area contributed by atoms with Crippen molar-refractivity contribution >= 4 is 17.3 Å². The molecule has 3 rings (SSSR count). The van der Waals surface area contributed by atoms with Gasteiger partial charge < -0.3 is 15.1 Å². The van der Waals surface area contributed by atoms with Gasteiger partial charge in [0, 0.05) is 23.3 Å². The molecule has 0 aliphatic heterocycles. The van der Waals surface area contributed by atoms with Crippen molar-refractivity contribution in [3.8, 4) is 0 Å². The Morgan fingerprint density at radius 3 is 2.79 bits per heavy atom. The molecule has 1 saturated carbocycles. The summed E-state index contributed by atoms with van der Waals surface area (Å²) in [5, 5.41) is 0.747. The van der Waals surface area contributed by atoms with Crippen molar-refractivity contribution < 1.29 is 4.42 Å². The first-order valence-electron chi connectivity index (χ1n) is 6.55. The zero-order valence-corrected chi connectivity index (χ0v) is 11.4. The van der Waals surface area contributed by atoms with Crippen LogP contribution < -0.4 is 10.6 Å². The molecular weight excluding hydrogens is 260 g/mol. The van der Waals surface area contributed by atoms with Gasteiger partial charge in [-0.1, -0.05) is 17.7 Å². The summed E-state index contributed by atoms with van der Waals surface area (Å²) in [6.45, 7) is 1.29. The van der Waals surface area contributed by atoms with Crippen LogP contribution in [0.15, 0.2) is 41.0 Å². The van der Waals surface area contributed by atoms with Gasteiger partial charge in [0.15, 0.2) is 0 Å². The summed E-state index contributed by atoms with van der Waals surface area (Å²) in [6.07, 6.45) is 4.15. The quantitative estimate of drug-likeness (QED) is 0.908. The van der Waals surface area contributed by atoms with E-state index in [1.807, 2.05) is 30.3 Å². The molecule has 1 heterocycles. The SMILES string of the molecule is NCc1ccc(Cl)cc1N(Cc1ccco1)C1CC1. The van der Waals surface area contributed by atoms with Crippen LogP contribution in [-0.2, 0) is 13.1 Å². The molecule has 0 spiro atoms. The fourth-order valence-electron chi connectivity index (χ4n) is 2.34. The smallest absolute Gasteiger partial charge is 0.123 e. The maximum absolute atomic E-state index is 6.13. The average Bonchev–Trinajstić information content (AvgIpc) is 3.13. The lowest BCUT2D eigenvalue weighted by atomic mass is 10.1. The molecule has 0 saturated heterocycles. The maximum atomic E-state index is 6.13. The van der Waals surface area contributed by atoms with Crippen molar-refractivity contribution in [2.45, 2.75) is 32.0 Å². The molecule has 1 fully saturated rings. The van der Waals surface area contributed by atoms with E-state index in [-0.39, 0.29) is 0 Å². The molecule has 1 aromatic carbocycles. The van der Waals surface area contributed by atoms with Gasteiger partial charge in [0.05, 0.1) is 12.8 Å². The first-order valence-corrected chi connectivity index (χ1v) is 6.93. The van der Waals surface area contributed by atoms with Crippen LogP contribution >= 0.6 is 11.6 Å². The van der Waals surface area contributed by atoms with E-state index < -0.39 is 0 Å². The maximum Gasteiger partial charge on any atom is 0.123 e. The minimum atomic E-state index is 0.522. The predicted octanol–water partition coefficient (Wildman–Crippen LogP) is 3.56. The highest BCUT2D eigenvalue weighted by atomic mass is 35.5. The van der Waals surface area contributed by atoms with Gasteiger partial charge in [-0.05, 0) is 42.7 Å². The molecule has 100 valence electrons. The van der Waals surface area contributed by atoms with Crippen molar-refractivity contribution in [2.75, 3.05) is 4.90 Å². The number of hydrogen-bond donors (Lipinski definition) is 1.